The maximum Gasteiger partial charge on any atom is 0.375 e. The molecule has 0 unspecified atom stereocenters. The van der Waals surface area contributed by atoms with Crippen LogP contribution in [0.25, 0.3) is 5.76 Å². The molecule has 0 aromatic heterocycles. The highest BCUT2D eigenvalue weighted by atomic mass is 16.5. The lowest BCUT2D eigenvalue weighted by Gasteiger charge is -2.11. The Balaban J connectivity index is 3.36. The van der Waals surface area contributed by atoms with Gasteiger partial charge in [-0.2, -0.15) is 0 Å². The van der Waals surface area contributed by atoms with Gasteiger partial charge in [0.1, 0.15) is 5.75 Å². The van der Waals surface area contributed by atoms with Gasteiger partial charge in [0, 0.05) is 0 Å². The van der Waals surface area contributed by atoms with Crippen LogP contribution in [0.2, 0.25) is 0 Å². The summed E-state index contributed by atoms with van der Waals surface area (Å²) in [6, 6.07) is 6.25. The Morgan fingerprint density at radius 1 is 1.19 bits per heavy atom. The van der Waals surface area contributed by atoms with E-state index < -0.39 is 5.97 Å². The fraction of sp³-hybridized carbons (Fsp3) is 0.182. The van der Waals surface area contributed by atoms with Crippen LogP contribution in [0.4, 0.5) is 0 Å². The number of benzene rings is 1. The first kappa shape index (κ1) is 11.9. The summed E-state index contributed by atoms with van der Waals surface area (Å²) in [5.41, 5.74) is 0.268. The highest BCUT2D eigenvalue weighted by Gasteiger charge is 2.19. The minimum absolute atomic E-state index is 0.0203. The van der Waals surface area contributed by atoms with Crippen molar-refractivity contribution in [3.63, 3.8) is 0 Å². The molecule has 5 heteroatoms. The van der Waals surface area contributed by atoms with Gasteiger partial charge in [-0.05, 0) is 12.1 Å². The van der Waals surface area contributed by atoms with E-state index in [1.165, 1.54) is 26.4 Å². The molecule has 1 rings (SSSR count). The molecular weight excluding hydrogens is 212 g/mol. The molecule has 0 heterocycles. The molecule has 0 aliphatic heterocycles. The predicted octanol–water partition coefficient (Wildman–Crippen LogP) is 1.44. The summed E-state index contributed by atoms with van der Waals surface area (Å²) >= 11 is 0. The van der Waals surface area contributed by atoms with Crippen LogP contribution in [0.5, 0.6) is 5.75 Å². The fourth-order valence-electron chi connectivity index (χ4n) is 1.27. The lowest BCUT2D eigenvalue weighted by molar-refractivity contribution is -0.136. The van der Waals surface area contributed by atoms with Crippen LogP contribution in [0.15, 0.2) is 30.0 Å². The number of hydrogen-bond donors (Lipinski definition) is 2. The Kier molecular flexibility index (Phi) is 3.77. The number of ether oxygens (including phenoxy) is 2. The quantitative estimate of drug-likeness (QED) is 0.597. The standard InChI is InChI=1S/C11H12O5/c1-15-9(10(16-2)11(13)14)7-5-3-4-6-8(7)12/h3-6,12H,1-2H3,(H,13,14). The highest BCUT2D eigenvalue weighted by Crippen LogP contribution is 2.27. The molecule has 0 radical (unpaired) electrons. The van der Waals surface area contributed by atoms with Crippen LogP contribution in [0.3, 0.4) is 0 Å². The van der Waals surface area contributed by atoms with Crippen molar-refractivity contribution in [1.82, 2.24) is 0 Å². The summed E-state index contributed by atoms with van der Waals surface area (Å²) in [5.74, 6) is -1.71. The Labute approximate surface area is 92.5 Å². The summed E-state index contributed by atoms with van der Waals surface area (Å²) in [7, 11) is 2.53. The van der Waals surface area contributed by atoms with Gasteiger partial charge in [0.15, 0.2) is 5.76 Å². The van der Waals surface area contributed by atoms with Crippen molar-refractivity contribution < 1.29 is 24.5 Å². The number of aliphatic carboxylic acids is 1. The summed E-state index contributed by atoms with van der Waals surface area (Å²) in [4.78, 5) is 10.9. The lowest BCUT2D eigenvalue weighted by Crippen LogP contribution is -2.07. The first-order chi connectivity index (χ1) is 7.61. The number of phenols is 1. The Morgan fingerprint density at radius 3 is 2.25 bits per heavy atom. The van der Waals surface area contributed by atoms with E-state index in [0.717, 1.165) is 0 Å². The number of methoxy groups -OCH3 is 2. The van der Waals surface area contributed by atoms with Crippen molar-refractivity contribution in [2.24, 2.45) is 0 Å². The van der Waals surface area contributed by atoms with Crippen LogP contribution in [0.1, 0.15) is 5.56 Å². The van der Waals surface area contributed by atoms with Gasteiger partial charge in [-0.15, -0.1) is 0 Å². The molecule has 0 fully saturated rings. The summed E-state index contributed by atoms with van der Waals surface area (Å²) in [6.45, 7) is 0. The van der Waals surface area contributed by atoms with Crippen LogP contribution in [-0.4, -0.2) is 30.4 Å². The van der Waals surface area contributed by atoms with Gasteiger partial charge >= 0.3 is 5.97 Å². The molecule has 0 saturated carbocycles. The van der Waals surface area contributed by atoms with Gasteiger partial charge in [0.25, 0.3) is 0 Å². The monoisotopic (exact) mass is 224 g/mol. The molecule has 0 spiro atoms. The number of hydrogen-bond acceptors (Lipinski definition) is 4. The maximum atomic E-state index is 10.9. The molecule has 0 bridgehead atoms. The van der Waals surface area contributed by atoms with Crippen molar-refractivity contribution in [2.75, 3.05) is 14.2 Å². The maximum absolute atomic E-state index is 10.9. The van der Waals surface area contributed by atoms with Gasteiger partial charge in [-0.3, -0.25) is 0 Å². The minimum atomic E-state index is -1.26. The number of rotatable bonds is 4. The van der Waals surface area contributed by atoms with Crippen molar-refractivity contribution in [3.05, 3.63) is 35.6 Å². The van der Waals surface area contributed by atoms with Gasteiger partial charge in [-0.1, -0.05) is 12.1 Å². The van der Waals surface area contributed by atoms with E-state index >= 15 is 0 Å². The molecule has 0 atom stereocenters. The number of phenolic OH excluding ortho intramolecular Hbond substituents is 1. The number of carbonyl (C=O) groups is 1. The molecule has 1 aromatic carbocycles. The Bertz CT molecular complexity index is 422. The topological polar surface area (TPSA) is 76.0 Å². The van der Waals surface area contributed by atoms with E-state index in [9.17, 15) is 9.90 Å². The van der Waals surface area contributed by atoms with E-state index in [0.29, 0.717) is 0 Å². The second-order valence-corrected chi connectivity index (χ2v) is 2.89. The Hall–Kier alpha value is -2.17. The highest BCUT2D eigenvalue weighted by molar-refractivity contribution is 5.93. The first-order valence-electron chi connectivity index (χ1n) is 4.45. The van der Waals surface area contributed by atoms with Crippen LogP contribution in [-0.2, 0) is 14.3 Å². The molecule has 5 nitrogen and oxygen atoms in total. The van der Waals surface area contributed by atoms with Gasteiger partial charge in [0.2, 0.25) is 5.76 Å². The Morgan fingerprint density at radius 2 is 1.81 bits per heavy atom. The SMILES string of the molecule is COC(C(=O)O)=C(OC)c1ccccc1O. The molecule has 0 amide bonds. The molecule has 0 aliphatic rings. The zero-order valence-electron chi connectivity index (χ0n) is 8.93. The van der Waals surface area contributed by atoms with E-state index in [1.54, 1.807) is 12.1 Å². The summed E-state index contributed by atoms with van der Waals surface area (Å²) in [5, 5.41) is 18.5. The van der Waals surface area contributed by atoms with Crippen molar-refractivity contribution in [2.45, 2.75) is 0 Å². The van der Waals surface area contributed by atoms with Crippen molar-refractivity contribution in [3.8, 4) is 5.75 Å². The summed E-state index contributed by atoms with van der Waals surface area (Å²) in [6.07, 6.45) is 0. The van der Waals surface area contributed by atoms with E-state index in [-0.39, 0.29) is 22.8 Å². The molecule has 0 saturated heterocycles. The van der Waals surface area contributed by atoms with Crippen molar-refractivity contribution >= 4 is 11.7 Å². The third kappa shape index (κ3) is 2.25. The van der Waals surface area contributed by atoms with Gasteiger partial charge < -0.3 is 19.7 Å². The number of aromatic hydroxyl groups is 1. The largest absolute Gasteiger partial charge is 0.507 e. The molecule has 86 valence electrons. The second kappa shape index (κ2) is 5.06. The third-order valence-corrected chi connectivity index (χ3v) is 1.96. The van der Waals surface area contributed by atoms with Crippen LogP contribution < -0.4 is 0 Å². The third-order valence-electron chi connectivity index (χ3n) is 1.96. The molecule has 0 aliphatic carbocycles. The van der Waals surface area contributed by atoms with Gasteiger partial charge in [0.05, 0.1) is 19.8 Å². The molecule has 16 heavy (non-hydrogen) atoms. The zero-order valence-corrected chi connectivity index (χ0v) is 8.93. The first-order valence-corrected chi connectivity index (χ1v) is 4.45. The number of para-hydroxylation sites is 1. The number of carboxylic acid groups (broad SMARTS) is 1. The van der Waals surface area contributed by atoms with Crippen molar-refractivity contribution in [1.29, 1.82) is 0 Å². The van der Waals surface area contributed by atoms with E-state index in [2.05, 4.69) is 0 Å². The normalized spacial score (nSPS) is 11.6. The lowest BCUT2D eigenvalue weighted by atomic mass is 10.1. The fourth-order valence-corrected chi connectivity index (χ4v) is 1.27. The second-order valence-electron chi connectivity index (χ2n) is 2.89. The predicted molar refractivity (Wildman–Crippen MR) is 56.7 cm³/mol. The van der Waals surface area contributed by atoms with Gasteiger partial charge in [-0.25, -0.2) is 4.79 Å². The van der Waals surface area contributed by atoms with E-state index in [4.69, 9.17) is 14.6 Å². The average Bonchev–Trinajstić information content (AvgIpc) is 2.26. The molecule has 1 aromatic rings. The minimum Gasteiger partial charge on any atom is -0.507 e. The zero-order chi connectivity index (χ0) is 12.1. The molecular formula is C11H12O5. The van der Waals surface area contributed by atoms with Crippen LogP contribution in [0, 0.1) is 0 Å². The summed E-state index contributed by atoms with van der Waals surface area (Å²) < 4.78 is 9.66. The smallest absolute Gasteiger partial charge is 0.375 e. The van der Waals surface area contributed by atoms with E-state index in [1.807, 2.05) is 0 Å². The number of carboxylic acids is 1. The van der Waals surface area contributed by atoms with Crippen LogP contribution >= 0.6 is 0 Å². The average molecular weight is 224 g/mol. The molecule has 2 N–H and O–H groups in total.